The van der Waals surface area contributed by atoms with Crippen molar-refractivity contribution in [1.29, 1.82) is 0 Å². The highest BCUT2D eigenvalue weighted by Crippen LogP contribution is 2.21. The fourth-order valence-electron chi connectivity index (χ4n) is 1.92. The maximum Gasteiger partial charge on any atom is 0.320 e. The van der Waals surface area contributed by atoms with E-state index in [1.54, 1.807) is 24.4 Å². The number of aliphatic hydroxyl groups excluding tert-OH is 1. The molecule has 0 saturated heterocycles. The second-order valence-corrected chi connectivity index (χ2v) is 4.76. The molecule has 116 valence electrons. The van der Waals surface area contributed by atoms with Crippen molar-refractivity contribution < 1.29 is 19.8 Å². The number of hydrogen-bond acceptors (Lipinski definition) is 7. The molecule has 8 heteroatoms. The first-order chi connectivity index (χ1) is 10.5. The van der Waals surface area contributed by atoms with Crippen LogP contribution in [0, 0.1) is 5.92 Å². The maximum absolute atomic E-state index is 11.8. The van der Waals surface area contributed by atoms with E-state index in [2.05, 4.69) is 15.8 Å². The van der Waals surface area contributed by atoms with Gasteiger partial charge in [0.25, 0.3) is 0 Å². The minimum absolute atomic E-state index is 0.0489. The Morgan fingerprint density at radius 3 is 2.82 bits per heavy atom. The predicted molar refractivity (Wildman–Crippen MR) is 78.5 cm³/mol. The Balaban J connectivity index is 2.06. The molecule has 0 bridgehead atoms. The summed E-state index contributed by atoms with van der Waals surface area (Å²) in [5.41, 5.74) is 11.2. The van der Waals surface area contributed by atoms with Crippen molar-refractivity contribution in [3.05, 3.63) is 48.0 Å². The first-order valence-electron chi connectivity index (χ1n) is 6.55. The summed E-state index contributed by atoms with van der Waals surface area (Å²) in [5, 5.41) is 18.6. The number of carbonyl (C=O) groups excluding carboxylic acids is 1. The summed E-state index contributed by atoms with van der Waals surface area (Å²) in [6.45, 7) is 0. The van der Waals surface area contributed by atoms with Gasteiger partial charge in [-0.05, 0) is 24.6 Å². The van der Waals surface area contributed by atoms with Gasteiger partial charge in [0, 0.05) is 18.2 Å². The average molecular weight is 304 g/mol. The van der Waals surface area contributed by atoms with Crippen LogP contribution >= 0.6 is 0 Å². The number of allylic oxidation sites excluding steroid dienone is 2. The van der Waals surface area contributed by atoms with E-state index in [0.717, 1.165) is 6.08 Å². The number of hydrazine groups is 1. The number of hydrogen-bond donors (Lipinski definition) is 5. The van der Waals surface area contributed by atoms with E-state index in [1.165, 1.54) is 6.08 Å². The van der Waals surface area contributed by atoms with Gasteiger partial charge >= 0.3 is 5.97 Å². The lowest BCUT2D eigenvalue weighted by molar-refractivity contribution is -0.138. The number of nitrogens with two attached hydrogens (primary N) is 1. The van der Waals surface area contributed by atoms with E-state index in [0.29, 0.717) is 5.82 Å². The minimum Gasteiger partial charge on any atom is -0.506 e. The van der Waals surface area contributed by atoms with Crippen LogP contribution in [0.2, 0.25) is 0 Å². The smallest absolute Gasteiger partial charge is 0.320 e. The Kier molecular flexibility index (Phi) is 4.74. The molecule has 0 spiro atoms. The topological polar surface area (TPSA) is 138 Å². The molecule has 0 radical (unpaired) electrons. The zero-order valence-electron chi connectivity index (χ0n) is 11.6. The summed E-state index contributed by atoms with van der Waals surface area (Å²) in [6, 6.07) is 4.09. The number of aliphatic hydroxyl groups is 1. The lowest BCUT2D eigenvalue weighted by atomic mass is 9.91. The molecular formula is C14H16N4O4. The van der Waals surface area contributed by atoms with E-state index in [9.17, 15) is 14.7 Å². The molecule has 0 aliphatic heterocycles. The summed E-state index contributed by atoms with van der Waals surface area (Å²) < 4.78 is 0. The maximum atomic E-state index is 11.8. The minimum atomic E-state index is -1.18. The van der Waals surface area contributed by atoms with Crippen molar-refractivity contribution in [1.82, 2.24) is 10.4 Å². The van der Waals surface area contributed by atoms with Crippen LogP contribution in [0.1, 0.15) is 6.42 Å². The Labute approximate surface area is 126 Å². The van der Waals surface area contributed by atoms with Crippen LogP contribution in [0.5, 0.6) is 0 Å². The van der Waals surface area contributed by atoms with E-state index in [4.69, 9.17) is 10.8 Å². The Morgan fingerprint density at radius 2 is 2.18 bits per heavy atom. The Bertz CT molecular complexity index is 627. The second kappa shape index (κ2) is 6.72. The molecular weight excluding hydrogens is 288 g/mol. The van der Waals surface area contributed by atoms with Crippen molar-refractivity contribution in [3.8, 4) is 0 Å². The van der Waals surface area contributed by atoms with Crippen LogP contribution in [-0.4, -0.2) is 33.0 Å². The number of nitrogens with zero attached hydrogens (tertiary/aromatic N) is 1. The largest absolute Gasteiger partial charge is 0.506 e. The quantitative estimate of drug-likeness (QED) is 0.474. The third-order valence-corrected chi connectivity index (χ3v) is 3.10. The summed E-state index contributed by atoms with van der Waals surface area (Å²) >= 11 is 0. The van der Waals surface area contributed by atoms with Crippen molar-refractivity contribution in [3.63, 3.8) is 0 Å². The summed E-state index contributed by atoms with van der Waals surface area (Å²) in [4.78, 5) is 26.6. The molecule has 22 heavy (non-hydrogen) atoms. The molecule has 2 rings (SSSR count). The van der Waals surface area contributed by atoms with E-state index >= 15 is 0 Å². The first kappa shape index (κ1) is 15.5. The standard InChI is InChI=1S/C14H16N4O4/c15-9(14(21)22)5-8-6-10(12(20)7-11(8)19)17-18-13-3-1-2-4-16-13/h1-4,6-9,17,20H,5,15H2,(H,16,18)(H,21,22)/t8?,9-/m0/s1. The van der Waals surface area contributed by atoms with Crippen LogP contribution < -0.4 is 16.6 Å². The molecule has 0 fully saturated rings. The van der Waals surface area contributed by atoms with Gasteiger partial charge in [-0.2, -0.15) is 0 Å². The fraction of sp³-hybridized carbons (Fsp3) is 0.214. The zero-order valence-corrected chi connectivity index (χ0v) is 11.6. The number of rotatable bonds is 6. The van der Waals surface area contributed by atoms with Gasteiger partial charge in [-0.15, -0.1) is 0 Å². The SMILES string of the molecule is N[C@@H](CC1C=C(NNc2ccccn2)C(O)=CC1=O)C(=O)O. The number of ketones is 1. The molecule has 1 heterocycles. The van der Waals surface area contributed by atoms with Crippen molar-refractivity contribution >= 4 is 17.6 Å². The van der Waals surface area contributed by atoms with Gasteiger partial charge in [0.1, 0.15) is 17.6 Å². The van der Waals surface area contributed by atoms with Gasteiger partial charge in [-0.3, -0.25) is 20.4 Å². The third kappa shape index (κ3) is 3.83. The molecule has 6 N–H and O–H groups in total. The number of aromatic nitrogens is 1. The predicted octanol–water partition coefficient (Wildman–Crippen LogP) is 0.325. The number of pyridine rings is 1. The normalized spacial score (nSPS) is 19.0. The zero-order chi connectivity index (χ0) is 16.1. The molecule has 2 atom stereocenters. The molecule has 8 nitrogen and oxygen atoms in total. The molecule has 0 aromatic carbocycles. The number of aliphatic carboxylic acids is 1. The van der Waals surface area contributed by atoms with Crippen LogP contribution in [0.25, 0.3) is 0 Å². The van der Waals surface area contributed by atoms with Gasteiger partial charge in [0.15, 0.2) is 5.78 Å². The van der Waals surface area contributed by atoms with Crippen LogP contribution in [0.3, 0.4) is 0 Å². The van der Waals surface area contributed by atoms with Gasteiger partial charge < -0.3 is 15.9 Å². The second-order valence-electron chi connectivity index (χ2n) is 4.76. The van der Waals surface area contributed by atoms with Crippen molar-refractivity contribution in [2.45, 2.75) is 12.5 Å². The van der Waals surface area contributed by atoms with Gasteiger partial charge in [0.2, 0.25) is 0 Å². The highest BCUT2D eigenvalue weighted by Gasteiger charge is 2.26. The van der Waals surface area contributed by atoms with Crippen molar-refractivity contribution in [2.75, 3.05) is 5.43 Å². The summed E-state index contributed by atoms with van der Waals surface area (Å²) in [5.74, 6) is -2.01. The number of nitrogens with one attached hydrogen (secondary N) is 2. The molecule has 1 aliphatic rings. The average Bonchev–Trinajstić information content (AvgIpc) is 2.49. The number of anilines is 1. The highest BCUT2D eigenvalue weighted by molar-refractivity contribution is 5.95. The van der Waals surface area contributed by atoms with Crippen LogP contribution in [-0.2, 0) is 9.59 Å². The van der Waals surface area contributed by atoms with Gasteiger partial charge in [-0.1, -0.05) is 6.07 Å². The van der Waals surface area contributed by atoms with Gasteiger partial charge in [0.05, 0.1) is 5.70 Å². The summed E-state index contributed by atoms with van der Waals surface area (Å²) in [6.07, 6.45) is 4.03. The third-order valence-electron chi connectivity index (χ3n) is 3.10. The van der Waals surface area contributed by atoms with Crippen LogP contribution in [0.4, 0.5) is 5.82 Å². The molecule has 0 amide bonds. The fourth-order valence-corrected chi connectivity index (χ4v) is 1.92. The Hall–Kier alpha value is -2.87. The molecule has 1 unspecified atom stereocenters. The Morgan fingerprint density at radius 1 is 1.41 bits per heavy atom. The molecule has 1 aromatic heterocycles. The van der Waals surface area contributed by atoms with Crippen LogP contribution in [0.15, 0.2) is 48.0 Å². The van der Waals surface area contributed by atoms with E-state index in [1.807, 2.05) is 0 Å². The molecule has 1 aliphatic carbocycles. The first-order valence-corrected chi connectivity index (χ1v) is 6.55. The monoisotopic (exact) mass is 304 g/mol. The van der Waals surface area contributed by atoms with E-state index in [-0.39, 0.29) is 17.9 Å². The molecule has 0 saturated carbocycles. The number of carbonyl (C=O) groups is 2. The lowest BCUT2D eigenvalue weighted by Gasteiger charge is -2.20. The van der Waals surface area contributed by atoms with E-state index < -0.39 is 23.7 Å². The highest BCUT2D eigenvalue weighted by atomic mass is 16.4. The van der Waals surface area contributed by atoms with Gasteiger partial charge in [-0.25, -0.2) is 4.98 Å². The summed E-state index contributed by atoms with van der Waals surface area (Å²) in [7, 11) is 0. The lowest BCUT2D eigenvalue weighted by Crippen LogP contribution is -2.35. The molecule has 1 aromatic rings. The number of carboxylic acids is 1. The number of carboxylic acid groups (broad SMARTS) is 1. The van der Waals surface area contributed by atoms with Crippen molar-refractivity contribution in [2.24, 2.45) is 11.7 Å².